The predicted octanol–water partition coefficient (Wildman–Crippen LogP) is 2.74. The van der Waals surface area contributed by atoms with Crippen molar-refractivity contribution in [2.24, 2.45) is 4.99 Å². The molecule has 1 fully saturated rings. The summed E-state index contributed by atoms with van der Waals surface area (Å²) >= 11 is 7.51. The fraction of sp³-hybridized carbons (Fsp3) is 0.600. The van der Waals surface area contributed by atoms with Crippen molar-refractivity contribution in [1.82, 2.24) is 15.5 Å². The van der Waals surface area contributed by atoms with Crippen molar-refractivity contribution in [3.05, 3.63) is 21.3 Å². The highest BCUT2D eigenvalue weighted by Crippen LogP contribution is 2.21. The van der Waals surface area contributed by atoms with E-state index in [1.165, 1.54) is 4.88 Å². The van der Waals surface area contributed by atoms with Gasteiger partial charge in [0.2, 0.25) is 5.91 Å². The number of amides is 1. The SMILES string of the molecule is CCNC(=NCC(=O)N1CCCC1)NCCc1ccc(Cl)s1.I. The number of rotatable bonds is 6. The second kappa shape index (κ2) is 11.1. The van der Waals surface area contributed by atoms with Gasteiger partial charge in [0.25, 0.3) is 0 Å². The predicted molar refractivity (Wildman–Crippen MR) is 108 cm³/mol. The minimum absolute atomic E-state index is 0. The molecular weight excluding hydrogens is 447 g/mol. The quantitative estimate of drug-likeness (QED) is 0.382. The van der Waals surface area contributed by atoms with Gasteiger partial charge in [0.15, 0.2) is 5.96 Å². The summed E-state index contributed by atoms with van der Waals surface area (Å²) in [5.41, 5.74) is 0. The number of aliphatic imine (C=N–C) groups is 1. The molecule has 1 aromatic heterocycles. The summed E-state index contributed by atoms with van der Waals surface area (Å²) in [5, 5.41) is 6.42. The van der Waals surface area contributed by atoms with E-state index in [0.29, 0.717) is 5.96 Å². The average Bonchev–Trinajstić information content (AvgIpc) is 3.16. The molecule has 8 heteroatoms. The van der Waals surface area contributed by atoms with Crippen molar-refractivity contribution in [2.45, 2.75) is 26.2 Å². The summed E-state index contributed by atoms with van der Waals surface area (Å²) in [7, 11) is 0. The van der Waals surface area contributed by atoms with Gasteiger partial charge in [-0.1, -0.05) is 11.6 Å². The molecule has 2 heterocycles. The van der Waals surface area contributed by atoms with Crippen LogP contribution in [0.4, 0.5) is 0 Å². The molecule has 1 aliphatic heterocycles. The van der Waals surface area contributed by atoms with E-state index >= 15 is 0 Å². The third-order valence-corrected chi connectivity index (χ3v) is 4.76. The number of nitrogens with zero attached hydrogens (tertiary/aromatic N) is 2. The van der Waals surface area contributed by atoms with Crippen LogP contribution in [0.25, 0.3) is 0 Å². The zero-order valence-corrected chi connectivity index (χ0v) is 17.2. The summed E-state index contributed by atoms with van der Waals surface area (Å²) < 4.78 is 0.812. The maximum atomic E-state index is 12.0. The molecule has 5 nitrogen and oxygen atoms in total. The van der Waals surface area contributed by atoms with E-state index in [0.717, 1.165) is 49.8 Å². The number of hydrogen-bond acceptors (Lipinski definition) is 3. The molecule has 0 atom stereocenters. The number of thiophene rings is 1. The van der Waals surface area contributed by atoms with Crippen molar-refractivity contribution in [3.8, 4) is 0 Å². The smallest absolute Gasteiger partial charge is 0.244 e. The van der Waals surface area contributed by atoms with Crippen LogP contribution in [0.3, 0.4) is 0 Å². The van der Waals surface area contributed by atoms with Crippen molar-refractivity contribution < 1.29 is 4.79 Å². The number of hydrogen-bond donors (Lipinski definition) is 2. The second-order valence-corrected chi connectivity index (χ2v) is 6.97. The van der Waals surface area contributed by atoms with Gasteiger partial charge in [-0.05, 0) is 38.3 Å². The summed E-state index contributed by atoms with van der Waals surface area (Å²) in [6.45, 7) is 5.50. The van der Waals surface area contributed by atoms with Crippen LogP contribution in [0.15, 0.2) is 17.1 Å². The maximum Gasteiger partial charge on any atom is 0.244 e. The van der Waals surface area contributed by atoms with Gasteiger partial charge in [-0.25, -0.2) is 4.99 Å². The molecule has 1 saturated heterocycles. The van der Waals surface area contributed by atoms with E-state index < -0.39 is 0 Å². The Morgan fingerprint density at radius 3 is 2.70 bits per heavy atom. The van der Waals surface area contributed by atoms with E-state index in [1.807, 2.05) is 24.0 Å². The second-order valence-electron chi connectivity index (χ2n) is 5.17. The number of carbonyl (C=O) groups is 1. The summed E-state index contributed by atoms with van der Waals surface area (Å²) in [6.07, 6.45) is 3.11. The largest absolute Gasteiger partial charge is 0.357 e. The molecule has 1 amide bonds. The first-order chi connectivity index (χ1) is 10.7. The first-order valence-corrected chi connectivity index (χ1v) is 8.92. The van der Waals surface area contributed by atoms with Crippen molar-refractivity contribution in [1.29, 1.82) is 0 Å². The lowest BCUT2D eigenvalue weighted by Gasteiger charge is -2.15. The van der Waals surface area contributed by atoms with Crippen LogP contribution in [0, 0.1) is 0 Å². The molecule has 2 N–H and O–H groups in total. The zero-order chi connectivity index (χ0) is 15.8. The maximum absolute atomic E-state index is 12.0. The molecule has 1 aromatic rings. The lowest BCUT2D eigenvalue weighted by atomic mass is 10.3. The minimum atomic E-state index is 0. The number of likely N-dealkylation sites (tertiary alicyclic amines) is 1. The number of carbonyl (C=O) groups excluding carboxylic acids is 1. The Morgan fingerprint density at radius 2 is 2.09 bits per heavy atom. The first kappa shape index (κ1) is 20.5. The van der Waals surface area contributed by atoms with Crippen LogP contribution in [0.2, 0.25) is 4.34 Å². The molecule has 0 saturated carbocycles. The molecule has 0 aliphatic carbocycles. The Balaban J connectivity index is 0.00000264. The lowest BCUT2D eigenvalue weighted by Crippen LogP contribution is -2.39. The van der Waals surface area contributed by atoms with E-state index in [1.54, 1.807) is 11.3 Å². The minimum Gasteiger partial charge on any atom is -0.357 e. The van der Waals surface area contributed by atoms with E-state index in [2.05, 4.69) is 15.6 Å². The van der Waals surface area contributed by atoms with Gasteiger partial charge in [0.1, 0.15) is 6.54 Å². The monoisotopic (exact) mass is 470 g/mol. The van der Waals surface area contributed by atoms with Gasteiger partial charge in [0, 0.05) is 31.1 Å². The highest BCUT2D eigenvalue weighted by atomic mass is 127. The van der Waals surface area contributed by atoms with Gasteiger partial charge in [-0.3, -0.25) is 4.79 Å². The van der Waals surface area contributed by atoms with Gasteiger partial charge in [-0.15, -0.1) is 35.3 Å². The third kappa shape index (κ3) is 7.26. The molecule has 0 aromatic carbocycles. The van der Waals surface area contributed by atoms with Crippen LogP contribution >= 0.6 is 46.9 Å². The first-order valence-electron chi connectivity index (χ1n) is 7.73. The number of guanidine groups is 1. The molecule has 0 bridgehead atoms. The average molecular weight is 471 g/mol. The van der Waals surface area contributed by atoms with Crippen LogP contribution in [-0.4, -0.2) is 49.5 Å². The molecule has 0 radical (unpaired) electrons. The molecule has 23 heavy (non-hydrogen) atoms. The summed E-state index contributed by atoms with van der Waals surface area (Å²) in [6, 6.07) is 3.95. The molecule has 1 aliphatic rings. The van der Waals surface area contributed by atoms with E-state index in [-0.39, 0.29) is 36.4 Å². The topological polar surface area (TPSA) is 56.7 Å². The Morgan fingerprint density at radius 1 is 1.35 bits per heavy atom. The van der Waals surface area contributed by atoms with E-state index in [9.17, 15) is 4.79 Å². The fourth-order valence-electron chi connectivity index (χ4n) is 2.35. The van der Waals surface area contributed by atoms with Crippen molar-refractivity contribution in [2.75, 3.05) is 32.7 Å². The Bertz CT molecular complexity index is 517. The molecule has 2 rings (SSSR count). The van der Waals surface area contributed by atoms with Gasteiger partial charge in [-0.2, -0.15) is 0 Å². The van der Waals surface area contributed by atoms with Crippen molar-refractivity contribution in [3.63, 3.8) is 0 Å². The fourth-order valence-corrected chi connectivity index (χ4v) is 3.43. The van der Waals surface area contributed by atoms with E-state index in [4.69, 9.17) is 11.6 Å². The highest BCUT2D eigenvalue weighted by molar-refractivity contribution is 14.0. The molecular formula is C15H24ClIN4OS. The Hall–Kier alpha value is -0.540. The van der Waals surface area contributed by atoms with Crippen LogP contribution < -0.4 is 10.6 Å². The van der Waals surface area contributed by atoms with Crippen molar-refractivity contribution >= 4 is 58.8 Å². The zero-order valence-electron chi connectivity index (χ0n) is 13.3. The molecule has 130 valence electrons. The van der Waals surface area contributed by atoms with Crippen LogP contribution in [0.5, 0.6) is 0 Å². The molecule has 0 spiro atoms. The Labute approximate surface area is 163 Å². The number of halogens is 2. The normalized spacial score (nSPS) is 14.5. The Kier molecular flexibility index (Phi) is 9.89. The molecule has 0 unspecified atom stereocenters. The lowest BCUT2D eigenvalue weighted by molar-refractivity contribution is -0.128. The van der Waals surface area contributed by atoms with Gasteiger partial charge < -0.3 is 15.5 Å². The van der Waals surface area contributed by atoms with Gasteiger partial charge >= 0.3 is 0 Å². The summed E-state index contributed by atoms with van der Waals surface area (Å²) in [4.78, 5) is 19.5. The standard InChI is InChI=1S/C15H23ClN4OS.HI/c1-2-17-15(18-8-7-12-5-6-13(16)22-12)19-11-14(21)20-9-3-4-10-20;/h5-6H,2-4,7-11H2,1H3,(H2,17,18,19);1H. The van der Waals surface area contributed by atoms with Crippen LogP contribution in [0.1, 0.15) is 24.6 Å². The summed E-state index contributed by atoms with van der Waals surface area (Å²) in [5.74, 6) is 0.803. The van der Waals surface area contributed by atoms with Gasteiger partial charge in [0.05, 0.1) is 4.34 Å². The third-order valence-electron chi connectivity index (χ3n) is 3.47. The van der Waals surface area contributed by atoms with Crippen LogP contribution in [-0.2, 0) is 11.2 Å². The highest BCUT2D eigenvalue weighted by Gasteiger charge is 2.17. The number of nitrogens with one attached hydrogen (secondary N) is 2.